The molecule has 1 fully saturated rings. The van der Waals surface area contributed by atoms with E-state index in [1.54, 1.807) is 32.9 Å². The lowest BCUT2D eigenvalue weighted by Crippen LogP contribution is -2.36. The van der Waals surface area contributed by atoms with Crippen LogP contribution in [0.25, 0.3) is 0 Å². The van der Waals surface area contributed by atoms with Gasteiger partial charge in [-0.25, -0.2) is 4.79 Å². The lowest BCUT2D eigenvalue weighted by molar-refractivity contribution is -0.147. The van der Waals surface area contributed by atoms with Crippen LogP contribution < -0.4 is 5.32 Å². The van der Waals surface area contributed by atoms with Crippen molar-refractivity contribution in [1.82, 2.24) is 10.2 Å². The Morgan fingerprint density at radius 3 is 2.54 bits per heavy atom. The molecule has 2 unspecified atom stereocenters. The third-order valence-corrected chi connectivity index (χ3v) is 4.90. The Bertz CT molecular complexity index is 685. The second-order valence-electron chi connectivity index (χ2n) is 7.11. The van der Waals surface area contributed by atoms with Gasteiger partial charge >= 0.3 is 12.1 Å². The van der Waals surface area contributed by atoms with Gasteiger partial charge in [-0.05, 0) is 32.9 Å². The molecule has 26 heavy (non-hydrogen) atoms. The minimum absolute atomic E-state index is 0.217. The first-order valence-corrected chi connectivity index (χ1v) is 9.43. The molecule has 0 aliphatic carbocycles. The van der Waals surface area contributed by atoms with Gasteiger partial charge in [0.2, 0.25) is 0 Å². The highest BCUT2D eigenvalue weighted by atomic mass is 35.5. The largest absolute Gasteiger partial charge is 0.460 e. The molecule has 1 aliphatic heterocycles. The second kappa shape index (κ2) is 8.26. The average molecular weight is 403 g/mol. The zero-order valence-corrected chi connectivity index (χ0v) is 16.8. The first-order valence-electron chi connectivity index (χ1n) is 8.24. The molecular weight excluding hydrogens is 380 g/mol. The number of hydrogen-bond donors (Lipinski definition) is 1. The van der Waals surface area contributed by atoms with Crippen molar-refractivity contribution in [3.63, 3.8) is 0 Å². The van der Waals surface area contributed by atoms with Crippen molar-refractivity contribution < 1.29 is 23.9 Å². The first kappa shape index (κ1) is 20.5. The van der Waals surface area contributed by atoms with Crippen LogP contribution in [-0.4, -0.2) is 54.2 Å². The summed E-state index contributed by atoms with van der Waals surface area (Å²) < 4.78 is 11.2. The lowest BCUT2D eigenvalue weighted by Gasteiger charge is -2.24. The predicted octanol–water partition coefficient (Wildman–Crippen LogP) is 2.93. The summed E-state index contributed by atoms with van der Waals surface area (Å²) in [5, 5.41) is 2.81. The molecule has 2 rings (SSSR count). The number of rotatable bonds is 4. The monoisotopic (exact) mass is 402 g/mol. The van der Waals surface area contributed by atoms with E-state index < -0.39 is 23.8 Å². The lowest BCUT2D eigenvalue weighted by atomic mass is 10.1. The number of thiophene rings is 1. The maximum Gasteiger partial charge on any atom is 0.410 e. The standard InChI is InChI=1S/C17H23ClN2O5S/c1-10(21)24-12-9-20(16(23)25-17(2,3)4)8-11(12)7-19-15(22)13-5-6-14(18)26-13/h5-6,11-12H,7-9H2,1-4H3,(H,19,22). The molecule has 9 heteroatoms. The van der Waals surface area contributed by atoms with Crippen LogP contribution in [0.15, 0.2) is 12.1 Å². The van der Waals surface area contributed by atoms with Gasteiger partial charge in [-0.15, -0.1) is 11.3 Å². The van der Waals surface area contributed by atoms with Gasteiger partial charge in [0.15, 0.2) is 0 Å². The van der Waals surface area contributed by atoms with Crippen LogP contribution in [0, 0.1) is 5.92 Å². The van der Waals surface area contributed by atoms with Crippen molar-refractivity contribution >= 4 is 40.9 Å². The van der Waals surface area contributed by atoms with Gasteiger partial charge in [0, 0.05) is 25.9 Å². The molecule has 0 radical (unpaired) electrons. The summed E-state index contributed by atoms with van der Waals surface area (Å²) >= 11 is 7.03. The number of ether oxygens (including phenoxy) is 2. The SMILES string of the molecule is CC(=O)OC1CN(C(=O)OC(C)(C)C)CC1CNC(=O)c1ccc(Cl)s1. The first-order chi connectivity index (χ1) is 12.0. The van der Waals surface area contributed by atoms with Gasteiger partial charge in [-0.1, -0.05) is 11.6 Å². The topological polar surface area (TPSA) is 84.9 Å². The van der Waals surface area contributed by atoms with Gasteiger partial charge < -0.3 is 19.7 Å². The van der Waals surface area contributed by atoms with Crippen LogP contribution >= 0.6 is 22.9 Å². The number of amides is 2. The van der Waals surface area contributed by atoms with E-state index in [0.29, 0.717) is 15.8 Å². The molecule has 1 aromatic rings. The third-order valence-electron chi connectivity index (χ3n) is 3.67. The summed E-state index contributed by atoms with van der Waals surface area (Å²) in [6.45, 7) is 7.51. The zero-order chi connectivity index (χ0) is 19.5. The Kier molecular flexibility index (Phi) is 6.52. The molecule has 0 spiro atoms. The Balaban J connectivity index is 1.98. The molecule has 0 saturated carbocycles. The highest BCUT2D eigenvalue weighted by Gasteiger charge is 2.39. The van der Waals surface area contributed by atoms with E-state index in [4.69, 9.17) is 21.1 Å². The molecule has 0 aromatic carbocycles. The fourth-order valence-corrected chi connectivity index (χ4v) is 3.57. The summed E-state index contributed by atoms with van der Waals surface area (Å²) in [7, 11) is 0. The molecule has 2 heterocycles. The molecule has 1 saturated heterocycles. The summed E-state index contributed by atoms with van der Waals surface area (Å²) in [4.78, 5) is 37.8. The number of carbonyl (C=O) groups is 3. The Hall–Kier alpha value is -1.80. The van der Waals surface area contributed by atoms with Crippen molar-refractivity contribution in [3.8, 4) is 0 Å². The number of hydrogen-bond acceptors (Lipinski definition) is 6. The molecule has 1 aliphatic rings. The van der Waals surface area contributed by atoms with E-state index in [1.807, 2.05) is 0 Å². The number of nitrogens with zero attached hydrogens (tertiary/aromatic N) is 1. The minimum Gasteiger partial charge on any atom is -0.460 e. The number of halogens is 1. The van der Waals surface area contributed by atoms with E-state index in [9.17, 15) is 14.4 Å². The Labute approximate surface area is 161 Å². The van der Waals surface area contributed by atoms with Crippen LogP contribution in [0.4, 0.5) is 4.79 Å². The number of carbonyl (C=O) groups excluding carboxylic acids is 3. The van der Waals surface area contributed by atoms with Gasteiger partial charge in [-0.2, -0.15) is 0 Å². The van der Waals surface area contributed by atoms with Crippen LogP contribution in [0.5, 0.6) is 0 Å². The molecule has 1 aromatic heterocycles. The van der Waals surface area contributed by atoms with E-state index in [-0.39, 0.29) is 24.9 Å². The van der Waals surface area contributed by atoms with Crippen molar-refractivity contribution in [3.05, 3.63) is 21.3 Å². The smallest absolute Gasteiger partial charge is 0.410 e. The summed E-state index contributed by atoms with van der Waals surface area (Å²) in [5.74, 6) is -0.896. The van der Waals surface area contributed by atoms with E-state index >= 15 is 0 Å². The van der Waals surface area contributed by atoms with Crippen LogP contribution in [0.1, 0.15) is 37.4 Å². The molecule has 1 N–H and O–H groups in total. The zero-order valence-electron chi connectivity index (χ0n) is 15.2. The molecule has 144 valence electrons. The molecule has 2 amide bonds. The van der Waals surface area contributed by atoms with Gasteiger partial charge in [-0.3, -0.25) is 9.59 Å². The van der Waals surface area contributed by atoms with Gasteiger partial charge in [0.05, 0.1) is 15.8 Å². The molecule has 7 nitrogen and oxygen atoms in total. The maximum atomic E-state index is 12.3. The molecule has 0 bridgehead atoms. The van der Waals surface area contributed by atoms with Crippen LogP contribution in [-0.2, 0) is 14.3 Å². The van der Waals surface area contributed by atoms with Gasteiger partial charge in [0.1, 0.15) is 11.7 Å². The van der Waals surface area contributed by atoms with Crippen molar-refractivity contribution in [1.29, 1.82) is 0 Å². The van der Waals surface area contributed by atoms with E-state index in [0.717, 1.165) is 0 Å². The Morgan fingerprint density at radius 1 is 1.31 bits per heavy atom. The maximum absolute atomic E-state index is 12.3. The van der Waals surface area contributed by atoms with Gasteiger partial charge in [0.25, 0.3) is 5.91 Å². The normalized spacial score (nSPS) is 20.0. The second-order valence-corrected chi connectivity index (χ2v) is 8.82. The van der Waals surface area contributed by atoms with Crippen molar-refractivity contribution in [2.45, 2.75) is 39.4 Å². The number of esters is 1. The molecular formula is C17H23ClN2O5S. The average Bonchev–Trinajstić information content (AvgIpc) is 3.09. The Morgan fingerprint density at radius 2 is 2.00 bits per heavy atom. The summed E-state index contributed by atoms with van der Waals surface area (Å²) in [6.07, 6.45) is -0.958. The van der Waals surface area contributed by atoms with Crippen molar-refractivity contribution in [2.75, 3.05) is 19.6 Å². The summed E-state index contributed by atoms with van der Waals surface area (Å²) in [5.41, 5.74) is -0.612. The van der Waals surface area contributed by atoms with Crippen LogP contribution in [0.2, 0.25) is 4.34 Å². The minimum atomic E-state index is -0.612. The fraction of sp³-hybridized carbons (Fsp3) is 0.588. The quantitative estimate of drug-likeness (QED) is 0.782. The number of likely N-dealkylation sites (tertiary alicyclic amines) is 1. The van der Waals surface area contributed by atoms with E-state index in [2.05, 4.69) is 5.32 Å². The summed E-state index contributed by atoms with van der Waals surface area (Å²) in [6, 6.07) is 3.30. The number of nitrogens with one attached hydrogen (secondary N) is 1. The van der Waals surface area contributed by atoms with E-state index in [1.165, 1.54) is 23.2 Å². The highest BCUT2D eigenvalue weighted by Crippen LogP contribution is 2.24. The van der Waals surface area contributed by atoms with Crippen molar-refractivity contribution in [2.24, 2.45) is 5.92 Å². The third kappa shape index (κ3) is 5.88. The predicted molar refractivity (Wildman–Crippen MR) is 98.5 cm³/mol. The highest BCUT2D eigenvalue weighted by molar-refractivity contribution is 7.17. The van der Waals surface area contributed by atoms with Crippen LogP contribution in [0.3, 0.4) is 0 Å². The fourth-order valence-electron chi connectivity index (χ4n) is 2.61. The molecule has 2 atom stereocenters.